The van der Waals surface area contributed by atoms with Crippen LogP contribution in [0, 0.1) is 5.82 Å². The quantitative estimate of drug-likeness (QED) is 0.766. The minimum Gasteiger partial charge on any atom is -0.348 e. The average molecular weight is 291 g/mol. The summed E-state index contributed by atoms with van der Waals surface area (Å²) in [6, 6.07) is 2.83. The Balaban J connectivity index is 1.78. The van der Waals surface area contributed by atoms with E-state index >= 15 is 0 Å². The molecule has 1 unspecified atom stereocenters. The summed E-state index contributed by atoms with van der Waals surface area (Å²) in [5.74, 6) is -1.11. The van der Waals surface area contributed by atoms with Gasteiger partial charge in [0.05, 0.1) is 5.56 Å². The van der Waals surface area contributed by atoms with E-state index in [1.807, 2.05) is 0 Å². The Morgan fingerprint density at radius 2 is 2.19 bits per heavy atom. The van der Waals surface area contributed by atoms with Gasteiger partial charge in [-0.2, -0.15) is 0 Å². The van der Waals surface area contributed by atoms with Crippen LogP contribution in [0.1, 0.15) is 35.2 Å². The number of benzene rings is 1. The Labute approximate surface area is 122 Å². The van der Waals surface area contributed by atoms with Crippen LogP contribution in [-0.2, 0) is 11.2 Å². The SMILES string of the molecule is O=C1CCc2cc(C(=O)NC3CCCNC3)c(F)cc2N1. The van der Waals surface area contributed by atoms with Crippen molar-refractivity contribution in [2.75, 3.05) is 18.4 Å². The lowest BCUT2D eigenvalue weighted by molar-refractivity contribution is -0.116. The first-order valence-electron chi connectivity index (χ1n) is 7.27. The van der Waals surface area contributed by atoms with Crippen LogP contribution < -0.4 is 16.0 Å². The van der Waals surface area contributed by atoms with Gasteiger partial charge in [0.1, 0.15) is 5.82 Å². The molecule has 6 heteroatoms. The van der Waals surface area contributed by atoms with Gasteiger partial charge in [-0.05, 0) is 43.5 Å². The maximum atomic E-state index is 14.1. The normalized spacial score (nSPS) is 21.4. The van der Waals surface area contributed by atoms with Gasteiger partial charge in [0.2, 0.25) is 5.91 Å². The second-order valence-electron chi connectivity index (χ2n) is 5.55. The predicted molar refractivity (Wildman–Crippen MR) is 76.7 cm³/mol. The van der Waals surface area contributed by atoms with Crippen molar-refractivity contribution in [3.8, 4) is 0 Å². The molecule has 1 aromatic carbocycles. The van der Waals surface area contributed by atoms with Crippen molar-refractivity contribution < 1.29 is 14.0 Å². The molecular formula is C15H18FN3O2. The maximum Gasteiger partial charge on any atom is 0.254 e. The van der Waals surface area contributed by atoms with Gasteiger partial charge in [0.25, 0.3) is 5.91 Å². The fourth-order valence-electron chi connectivity index (χ4n) is 2.81. The Bertz CT molecular complexity index is 583. The smallest absolute Gasteiger partial charge is 0.254 e. The molecular weight excluding hydrogens is 273 g/mol. The number of rotatable bonds is 2. The highest BCUT2D eigenvalue weighted by atomic mass is 19.1. The number of hydrogen-bond acceptors (Lipinski definition) is 3. The van der Waals surface area contributed by atoms with Gasteiger partial charge in [-0.1, -0.05) is 0 Å². The number of anilines is 1. The van der Waals surface area contributed by atoms with Gasteiger partial charge >= 0.3 is 0 Å². The van der Waals surface area contributed by atoms with E-state index in [-0.39, 0.29) is 23.4 Å². The minimum atomic E-state index is -0.600. The van der Waals surface area contributed by atoms with E-state index in [1.165, 1.54) is 6.07 Å². The fourth-order valence-corrected chi connectivity index (χ4v) is 2.81. The van der Waals surface area contributed by atoms with Gasteiger partial charge in [0.15, 0.2) is 0 Å². The predicted octanol–water partition coefficient (Wildman–Crippen LogP) is 1.19. The van der Waals surface area contributed by atoms with E-state index in [0.29, 0.717) is 25.1 Å². The van der Waals surface area contributed by atoms with E-state index in [1.54, 1.807) is 6.07 Å². The van der Waals surface area contributed by atoms with Crippen molar-refractivity contribution in [2.45, 2.75) is 31.7 Å². The molecule has 3 rings (SSSR count). The third kappa shape index (κ3) is 3.05. The number of carbonyl (C=O) groups excluding carboxylic acids is 2. The Morgan fingerprint density at radius 1 is 1.33 bits per heavy atom. The van der Waals surface area contributed by atoms with Gasteiger partial charge in [-0.3, -0.25) is 9.59 Å². The highest BCUT2D eigenvalue weighted by Crippen LogP contribution is 2.26. The molecule has 112 valence electrons. The number of piperidine rings is 1. The zero-order chi connectivity index (χ0) is 14.8. The van der Waals surface area contributed by atoms with Crippen molar-refractivity contribution in [1.29, 1.82) is 0 Å². The lowest BCUT2D eigenvalue weighted by atomic mass is 9.99. The lowest BCUT2D eigenvalue weighted by Crippen LogP contribution is -2.45. The molecule has 2 heterocycles. The van der Waals surface area contributed by atoms with E-state index in [9.17, 15) is 14.0 Å². The van der Waals surface area contributed by atoms with Crippen molar-refractivity contribution in [1.82, 2.24) is 10.6 Å². The van der Waals surface area contributed by atoms with Crippen molar-refractivity contribution in [3.05, 3.63) is 29.1 Å². The molecule has 0 aromatic heterocycles. The summed E-state index contributed by atoms with van der Waals surface area (Å²) in [4.78, 5) is 23.5. The summed E-state index contributed by atoms with van der Waals surface area (Å²) in [5.41, 5.74) is 1.33. The molecule has 1 fully saturated rings. The number of halogens is 1. The van der Waals surface area contributed by atoms with Crippen molar-refractivity contribution in [3.63, 3.8) is 0 Å². The van der Waals surface area contributed by atoms with Crippen LogP contribution in [0.5, 0.6) is 0 Å². The number of fused-ring (bicyclic) bond motifs is 1. The maximum absolute atomic E-state index is 14.1. The van der Waals surface area contributed by atoms with Gasteiger partial charge < -0.3 is 16.0 Å². The molecule has 1 atom stereocenters. The second-order valence-corrected chi connectivity index (χ2v) is 5.55. The Hall–Kier alpha value is -1.95. The summed E-state index contributed by atoms with van der Waals surface area (Å²) < 4.78 is 14.1. The number of hydrogen-bond donors (Lipinski definition) is 3. The number of carbonyl (C=O) groups is 2. The van der Waals surface area contributed by atoms with Crippen molar-refractivity contribution >= 4 is 17.5 Å². The fraction of sp³-hybridized carbons (Fsp3) is 0.467. The van der Waals surface area contributed by atoms with Gasteiger partial charge in [0, 0.05) is 24.7 Å². The van der Waals surface area contributed by atoms with Crippen LogP contribution in [0.25, 0.3) is 0 Å². The summed E-state index contributed by atoms with van der Waals surface area (Å²) in [5, 5.41) is 8.70. The van der Waals surface area contributed by atoms with Gasteiger partial charge in [-0.15, -0.1) is 0 Å². The third-order valence-electron chi connectivity index (χ3n) is 3.97. The summed E-state index contributed by atoms with van der Waals surface area (Å²) in [6.45, 7) is 1.67. The van der Waals surface area contributed by atoms with Crippen LogP contribution in [0.3, 0.4) is 0 Å². The summed E-state index contributed by atoms with van der Waals surface area (Å²) in [7, 11) is 0. The van der Waals surface area contributed by atoms with Crippen LogP contribution >= 0.6 is 0 Å². The Morgan fingerprint density at radius 3 is 2.95 bits per heavy atom. The number of aryl methyl sites for hydroxylation is 1. The topological polar surface area (TPSA) is 70.2 Å². The second kappa shape index (κ2) is 5.81. The molecule has 0 aliphatic carbocycles. The van der Waals surface area contributed by atoms with Crippen LogP contribution in [0.4, 0.5) is 10.1 Å². The van der Waals surface area contributed by atoms with Crippen molar-refractivity contribution in [2.24, 2.45) is 0 Å². The first-order chi connectivity index (χ1) is 10.1. The molecule has 5 nitrogen and oxygen atoms in total. The molecule has 2 aliphatic heterocycles. The van der Waals surface area contributed by atoms with Gasteiger partial charge in [-0.25, -0.2) is 4.39 Å². The highest BCUT2D eigenvalue weighted by Gasteiger charge is 2.22. The zero-order valence-electron chi connectivity index (χ0n) is 11.7. The molecule has 0 spiro atoms. The molecule has 1 aromatic rings. The van der Waals surface area contributed by atoms with Crippen LogP contribution in [-0.4, -0.2) is 30.9 Å². The Kier molecular flexibility index (Phi) is 3.88. The van der Waals surface area contributed by atoms with Crippen LogP contribution in [0.15, 0.2) is 12.1 Å². The monoisotopic (exact) mass is 291 g/mol. The molecule has 21 heavy (non-hydrogen) atoms. The molecule has 0 saturated carbocycles. The largest absolute Gasteiger partial charge is 0.348 e. The van der Waals surface area contributed by atoms with E-state index in [2.05, 4.69) is 16.0 Å². The minimum absolute atomic E-state index is 0.0429. The van der Waals surface area contributed by atoms with E-state index in [4.69, 9.17) is 0 Å². The third-order valence-corrected chi connectivity index (χ3v) is 3.97. The first-order valence-corrected chi connectivity index (χ1v) is 7.27. The molecule has 3 N–H and O–H groups in total. The number of amides is 2. The molecule has 1 saturated heterocycles. The van der Waals surface area contributed by atoms with E-state index < -0.39 is 5.82 Å². The summed E-state index contributed by atoms with van der Waals surface area (Å²) in [6.07, 6.45) is 2.81. The molecule has 2 aliphatic rings. The average Bonchev–Trinajstić information content (AvgIpc) is 2.47. The van der Waals surface area contributed by atoms with E-state index in [0.717, 1.165) is 24.9 Å². The molecule has 0 bridgehead atoms. The number of nitrogens with one attached hydrogen (secondary N) is 3. The molecule has 0 radical (unpaired) electrons. The standard InChI is InChI=1S/C15H18FN3O2/c16-12-7-13-9(3-4-14(20)19-13)6-11(12)15(21)18-10-2-1-5-17-8-10/h6-7,10,17H,1-5,8H2,(H,18,21)(H,19,20). The zero-order valence-corrected chi connectivity index (χ0v) is 11.7. The molecule has 2 amide bonds. The lowest BCUT2D eigenvalue weighted by Gasteiger charge is -2.24. The summed E-state index contributed by atoms with van der Waals surface area (Å²) >= 11 is 0. The highest BCUT2D eigenvalue weighted by molar-refractivity contribution is 5.98. The van der Waals surface area contributed by atoms with Crippen LogP contribution in [0.2, 0.25) is 0 Å². The first kappa shape index (κ1) is 14.0.